The van der Waals surface area contributed by atoms with Crippen LogP contribution in [0.5, 0.6) is 5.75 Å². The standard InChI is InChI=1S/C11H14BrNO/c1-7-5-8(12)6-9(11(7)14)10-3-2-4-13-10/h5-6,10,13-14H,2-4H2,1H3. The maximum atomic E-state index is 9.92. The van der Waals surface area contributed by atoms with Crippen LogP contribution < -0.4 is 5.32 Å². The highest BCUT2D eigenvalue weighted by Gasteiger charge is 2.20. The van der Waals surface area contributed by atoms with E-state index >= 15 is 0 Å². The molecule has 1 aromatic rings. The molecule has 0 bridgehead atoms. The lowest BCUT2D eigenvalue weighted by Gasteiger charge is -2.14. The van der Waals surface area contributed by atoms with E-state index in [0.717, 1.165) is 28.6 Å². The van der Waals surface area contributed by atoms with E-state index < -0.39 is 0 Å². The molecule has 1 saturated heterocycles. The van der Waals surface area contributed by atoms with Crippen LogP contribution >= 0.6 is 15.9 Å². The van der Waals surface area contributed by atoms with Gasteiger partial charge >= 0.3 is 0 Å². The van der Waals surface area contributed by atoms with Crippen LogP contribution in [0.2, 0.25) is 0 Å². The number of aryl methyl sites for hydroxylation is 1. The number of rotatable bonds is 1. The summed E-state index contributed by atoms with van der Waals surface area (Å²) in [4.78, 5) is 0. The van der Waals surface area contributed by atoms with Gasteiger partial charge in [0.15, 0.2) is 0 Å². The molecule has 0 radical (unpaired) electrons. The van der Waals surface area contributed by atoms with Gasteiger partial charge in [0.25, 0.3) is 0 Å². The van der Waals surface area contributed by atoms with Gasteiger partial charge in [-0.25, -0.2) is 0 Å². The molecule has 3 heteroatoms. The molecular weight excluding hydrogens is 242 g/mol. The van der Waals surface area contributed by atoms with Crippen LogP contribution in [0.15, 0.2) is 16.6 Å². The summed E-state index contributed by atoms with van der Waals surface area (Å²) in [5.41, 5.74) is 1.96. The fourth-order valence-electron chi connectivity index (χ4n) is 1.98. The Hall–Kier alpha value is -0.540. The molecule has 1 aliphatic heterocycles. The molecule has 1 aromatic carbocycles. The third kappa shape index (κ3) is 1.79. The first-order valence-electron chi connectivity index (χ1n) is 4.91. The van der Waals surface area contributed by atoms with E-state index in [2.05, 4.69) is 21.2 Å². The van der Waals surface area contributed by atoms with Gasteiger partial charge in [0.2, 0.25) is 0 Å². The minimum atomic E-state index is 0.325. The molecule has 0 aromatic heterocycles. The summed E-state index contributed by atoms with van der Waals surface area (Å²) in [7, 11) is 0. The van der Waals surface area contributed by atoms with Crippen molar-refractivity contribution >= 4 is 15.9 Å². The average Bonchev–Trinajstić information content (AvgIpc) is 2.63. The van der Waals surface area contributed by atoms with Gasteiger partial charge in [-0.3, -0.25) is 0 Å². The zero-order valence-electron chi connectivity index (χ0n) is 8.18. The summed E-state index contributed by atoms with van der Waals surface area (Å²) in [5.74, 6) is 0.438. The maximum Gasteiger partial charge on any atom is 0.123 e. The molecule has 1 unspecified atom stereocenters. The number of benzene rings is 1. The molecule has 2 rings (SSSR count). The number of hydrogen-bond donors (Lipinski definition) is 2. The predicted molar refractivity (Wildman–Crippen MR) is 60.5 cm³/mol. The smallest absolute Gasteiger partial charge is 0.123 e. The normalized spacial score (nSPS) is 21.4. The predicted octanol–water partition coefficient (Wildman–Crippen LogP) is 2.89. The van der Waals surface area contributed by atoms with Crippen molar-refractivity contribution in [2.45, 2.75) is 25.8 Å². The lowest BCUT2D eigenvalue weighted by molar-refractivity contribution is 0.453. The highest BCUT2D eigenvalue weighted by Crippen LogP contribution is 2.34. The van der Waals surface area contributed by atoms with E-state index in [1.807, 2.05) is 19.1 Å². The Morgan fingerprint density at radius 1 is 1.50 bits per heavy atom. The molecule has 0 amide bonds. The van der Waals surface area contributed by atoms with Gasteiger partial charge in [0.05, 0.1) is 0 Å². The largest absolute Gasteiger partial charge is 0.507 e. The lowest BCUT2D eigenvalue weighted by atomic mass is 10.0. The van der Waals surface area contributed by atoms with Gasteiger partial charge < -0.3 is 10.4 Å². The Kier molecular flexibility index (Phi) is 2.79. The van der Waals surface area contributed by atoms with Crippen LogP contribution in [0, 0.1) is 6.92 Å². The highest BCUT2D eigenvalue weighted by atomic mass is 79.9. The quantitative estimate of drug-likeness (QED) is 0.809. The Balaban J connectivity index is 2.40. The Morgan fingerprint density at radius 2 is 2.29 bits per heavy atom. The molecular formula is C11H14BrNO. The molecule has 14 heavy (non-hydrogen) atoms. The first-order valence-corrected chi connectivity index (χ1v) is 5.70. The van der Waals surface area contributed by atoms with Crippen molar-refractivity contribution in [1.82, 2.24) is 5.32 Å². The SMILES string of the molecule is Cc1cc(Br)cc(C2CCCN2)c1O. The monoisotopic (exact) mass is 255 g/mol. The van der Waals surface area contributed by atoms with Crippen molar-refractivity contribution in [3.8, 4) is 5.75 Å². The van der Waals surface area contributed by atoms with Gasteiger partial charge in [-0.15, -0.1) is 0 Å². The number of phenols is 1. The Morgan fingerprint density at radius 3 is 2.93 bits per heavy atom. The Labute approximate surface area is 92.5 Å². The molecule has 2 nitrogen and oxygen atoms in total. The first kappa shape index (κ1) is 9.99. The fraction of sp³-hybridized carbons (Fsp3) is 0.455. The van der Waals surface area contributed by atoms with E-state index in [1.54, 1.807) is 0 Å². The summed E-state index contributed by atoms with van der Waals surface area (Å²) in [6, 6.07) is 4.27. The lowest BCUT2D eigenvalue weighted by Crippen LogP contribution is -2.13. The van der Waals surface area contributed by atoms with Crippen molar-refractivity contribution in [1.29, 1.82) is 0 Å². The molecule has 0 aliphatic carbocycles. The van der Waals surface area contributed by atoms with Crippen molar-refractivity contribution in [2.75, 3.05) is 6.54 Å². The Bertz CT molecular complexity index is 345. The second-order valence-corrected chi connectivity index (χ2v) is 4.73. The van der Waals surface area contributed by atoms with Crippen molar-refractivity contribution in [2.24, 2.45) is 0 Å². The molecule has 1 atom stereocenters. The minimum Gasteiger partial charge on any atom is -0.507 e. The number of aromatic hydroxyl groups is 1. The van der Waals surface area contributed by atoms with Crippen LogP contribution in [-0.2, 0) is 0 Å². The van der Waals surface area contributed by atoms with Crippen LogP contribution in [0.25, 0.3) is 0 Å². The van der Waals surface area contributed by atoms with E-state index in [4.69, 9.17) is 0 Å². The summed E-state index contributed by atoms with van der Waals surface area (Å²) in [6.45, 7) is 2.98. The van der Waals surface area contributed by atoms with E-state index in [9.17, 15) is 5.11 Å². The molecule has 76 valence electrons. The molecule has 0 spiro atoms. The first-order chi connectivity index (χ1) is 6.68. The number of halogens is 1. The summed E-state index contributed by atoms with van der Waals surface area (Å²) >= 11 is 3.46. The summed E-state index contributed by atoms with van der Waals surface area (Å²) < 4.78 is 1.04. The molecule has 2 N–H and O–H groups in total. The summed E-state index contributed by atoms with van der Waals surface area (Å²) in [6.07, 6.45) is 2.30. The number of nitrogens with one attached hydrogen (secondary N) is 1. The second-order valence-electron chi connectivity index (χ2n) is 3.81. The van der Waals surface area contributed by atoms with E-state index in [-0.39, 0.29) is 0 Å². The van der Waals surface area contributed by atoms with E-state index in [0.29, 0.717) is 11.8 Å². The van der Waals surface area contributed by atoms with Gasteiger partial charge in [-0.05, 0) is 44.0 Å². The third-order valence-electron chi connectivity index (χ3n) is 2.73. The van der Waals surface area contributed by atoms with Gasteiger partial charge in [0, 0.05) is 16.1 Å². The molecule has 1 aliphatic rings. The van der Waals surface area contributed by atoms with Crippen LogP contribution in [-0.4, -0.2) is 11.7 Å². The van der Waals surface area contributed by atoms with Crippen molar-refractivity contribution in [3.63, 3.8) is 0 Å². The van der Waals surface area contributed by atoms with E-state index in [1.165, 1.54) is 6.42 Å². The van der Waals surface area contributed by atoms with Crippen LogP contribution in [0.3, 0.4) is 0 Å². The number of phenolic OH excluding ortho intramolecular Hbond substituents is 1. The van der Waals surface area contributed by atoms with Gasteiger partial charge in [0.1, 0.15) is 5.75 Å². The highest BCUT2D eigenvalue weighted by molar-refractivity contribution is 9.10. The number of hydrogen-bond acceptors (Lipinski definition) is 2. The maximum absolute atomic E-state index is 9.92. The van der Waals surface area contributed by atoms with Crippen LogP contribution in [0.1, 0.15) is 30.0 Å². The van der Waals surface area contributed by atoms with Gasteiger partial charge in [-0.2, -0.15) is 0 Å². The van der Waals surface area contributed by atoms with Crippen molar-refractivity contribution < 1.29 is 5.11 Å². The molecule has 1 fully saturated rings. The van der Waals surface area contributed by atoms with Gasteiger partial charge in [-0.1, -0.05) is 15.9 Å². The minimum absolute atomic E-state index is 0.325. The fourth-order valence-corrected chi connectivity index (χ4v) is 2.57. The average molecular weight is 256 g/mol. The zero-order chi connectivity index (χ0) is 10.1. The second kappa shape index (κ2) is 3.91. The van der Waals surface area contributed by atoms with Crippen molar-refractivity contribution in [3.05, 3.63) is 27.7 Å². The summed E-state index contributed by atoms with van der Waals surface area (Å²) in [5, 5.41) is 13.3. The van der Waals surface area contributed by atoms with Crippen LogP contribution in [0.4, 0.5) is 0 Å². The zero-order valence-corrected chi connectivity index (χ0v) is 9.76. The third-order valence-corrected chi connectivity index (χ3v) is 3.19. The molecule has 1 heterocycles. The topological polar surface area (TPSA) is 32.3 Å². The molecule has 0 saturated carbocycles.